The Balaban J connectivity index is 1.50. The molecule has 2 heterocycles. The second-order valence-electron chi connectivity index (χ2n) is 10.7. The lowest BCUT2D eigenvalue weighted by Gasteiger charge is -2.39. The maximum absolute atomic E-state index is 15.4. The summed E-state index contributed by atoms with van der Waals surface area (Å²) in [7, 11) is -4.53. The SMILES string of the molecule is C[C@]1(C(=O)NS(=O)(=O)c2cc(F)c(N[C@H](CCN3CC(C(F)F)C3)CSc3ccc(F)cc3)c(C#N)c2)CCCCO1. The molecule has 2 N–H and O–H groups in total. The predicted octanol–water partition coefficient (Wildman–Crippen LogP) is 4.76. The van der Waals surface area contributed by atoms with Crippen LogP contribution in [0, 0.1) is 28.9 Å². The highest BCUT2D eigenvalue weighted by atomic mass is 32.2. The lowest BCUT2D eigenvalue weighted by molar-refractivity contribution is -0.148. The summed E-state index contributed by atoms with van der Waals surface area (Å²) >= 11 is 1.36. The number of nitrogens with one attached hydrogen (secondary N) is 2. The van der Waals surface area contributed by atoms with Crippen molar-refractivity contribution in [2.45, 2.75) is 60.5 Å². The first-order valence-electron chi connectivity index (χ1n) is 13.5. The lowest BCUT2D eigenvalue weighted by Crippen LogP contribution is -2.50. The van der Waals surface area contributed by atoms with E-state index >= 15 is 4.39 Å². The van der Waals surface area contributed by atoms with E-state index in [4.69, 9.17) is 4.74 Å². The van der Waals surface area contributed by atoms with Gasteiger partial charge in [-0.25, -0.2) is 30.7 Å². The van der Waals surface area contributed by atoms with Crippen molar-refractivity contribution >= 4 is 33.4 Å². The molecule has 2 aromatic carbocycles. The molecular formula is C28H32F4N4O4S2. The monoisotopic (exact) mass is 628 g/mol. The maximum atomic E-state index is 15.4. The third kappa shape index (κ3) is 7.94. The number of sulfonamides is 1. The Morgan fingerprint density at radius 3 is 2.55 bits per heavy atom. The number of alkyl halides is 2. The maximum Gasteiger partial charge on any atom is 0.265 e. The van der Waals surface area contributed by atoms with Crippen LogP contribution in [0.1, 0.15) is 38.2 Å². The summed E-state index contributed by atoms with van der Waals surface area (Å²) in [6.45, 7) is 2.73. The first kappa shape index (κ1) is 32.1. The topological polar surface area (TPSA) is 112 Å². The Labute approximate surface area is 246 Å². The Morgan fingerprint density at radius 1 is 1.21 bits per heavy atom. The standard InChI is InChI=1S/C28H32F4N4O4S2/c1-28(9-2-3-11-40-28)27(37)35-42(38,39)23-12-18(14-33)25(24(30)13-23)34-21(8-10-36-15-19(16-36)26(31)32)17-41-22-6-4-20(29)5-7-22/h4-7,12-13,19,21,26,34H,2-3,8-11,15-17H2,1H3,(H,35,37)/t21-,28-/m1/s1. The van der Waals surface area contributed by atoms with Crippen LogP contribution in [-0.2, 0) is 19.6 Å². The van der Waals surface area contributed by atoms with Crippen molar-refractivity contribution in [2.75, 3.05) is 37.3 Å². The highest BCUT2D eigenvalue weighted by Crippen LogP contribution is 2.30. The number of carbonyl (C=O) groups excluding carboxylic acids is 1. The van der Waals surface area contributed by atoms with Crippen molar-refractivity contribution in [1.82, 2.24) is 9.62 Å². The first-order chi connectivity index (χ1) is 19.9. The minimum Gasteiger partial charge on any atom is -0.378 e. The van der Waals surface area contributed by atoms with Crippen LogP contribution in [0.2, 0.25) is 0 Å². The zero-order chi connectivity index (χ0) is 30.5. The van der Waals surface area contributed by atoms with E-state index in [0.717, 1.165) is 23.4 Å². The van der Waals surface area contributed by atoms with Crippen LogP contribution in [0.3, 0.4) is 0 Å². The molecule has 0 aliphatic carbocycles. The van der Waals surface area contributed by atoms with Crippen LogP contribution in [0.15, 0.2) is 46.2 Å². The summed E-state index contributed by atoms with van der Waals surface area (Å²) in [6, 6.07) is 8.87. The molecule has 0 unspecified atom stereocenters. The summed E-state index contributed by atoms with van der Waals surface area (Å²) in [6.07, 6.45) is -0.231. The van der Waals surface area contributed by atoms with Crippen LogP contribution < -0.4 is 10.0 Å². The van der Waals surface area contributed by atoms with Gasteiger partial charge in [0.15, 0.2) is 0 Å². The molecule has 4 rings (SSSR count). The van der Waals surface area contributed by atoms with Crippen LogP contribution in [0.4, 0.5) is 23.2 Å². The number of carbonyl (C=O) groups is 1. The minimum absolute atomic E-state index is 0.218. The van der Waals surface area contributed by atoms with Gasteiger partial charge >= 0.3 is 0 Å². The first-order valence-corrected chi connectivity index (χ1v) is 16.0. The van der Waals surface area contributed by atoms with Crippen molar-refractivity contribution in [3.8, 4) is 6.07 Å². The summed E-state index contributed by atoms with van der Waals surface area (Å²) < 4.78 is 87.9. The number of hydrogen-bond acceptors (Lipinski definition) is 8. The van der Waals surface area contributed by atoms with E-state index in [0.29, 0.717) is 38.2 Å². The molecule has 0 saturated carbocycles. The number of benzene rings is 2. The fourth-order valence-electron chi connectivity index (χ4n) is 4.79. The zero-order valence-electron chi connectivity index (χ0n) is 22.9. The molecule has 1 amide bonds. The molecule has 2 atom stereocenters. The lowest BCUT2D eigenvalue weighted by atomic mass is 9.95. The van der Waals surface area contributed by atoms with Gasteiger partial charge in [0.2, 0.25) is 6.43 Å². The van der Waals surface area contributed by atoms with Crippen molar-refractivity contribution in [3.05, 3.63) is 53.6 Å². The third-order valence-corrected chi connectivity index (χ3v) is 9.90. The Kier molecular flexibility index (Phi) is 10.4. The number of halogens is 4. The molecule has 14 heteroatoms. The summed E-state index contributed by atoms with van der Waals surface area (Å²) in [4.78, 5) is 14.7. The molecule has 42 heavy (non-hydrogen) atoms. The Bertz CT molecular complexity index is 1410. The number of nitrogens with zero attached hydrogens (tertiary/aromatic N) is 2. The minimum atomic E-state index is -4.53. The fourth-order valence-corrected chi connectivity index (χ4v) is 6.87. The van der Waals surface area contributed by atoms with Gasteiger partial charge in [-0.15, -0.1) is 11.8 Å². The van der Waals surface area contributed by atoms with E-state index in [1.807, 2.05) is 15.7 Å². The van der Waals surface area contributed by atoms with Gasteiger partial charge in [0.25, 0.3) is 15.9 Å². The van der Waals surface area contributed by atoms with Gasteiger partial charge in [-0.2, -0.15) is 5.26 Å². The van der Waals surface area contributed by atoms with Gasteiger partial charge in [-0.05, 0) is 69.0 Å². The second-order valence-corrected chi connectivity index (χ2v) is 13.4. The molecule has 228 valence electrons. The third-order valence-electron chi connectivity index (χ3n) is 7.42. The van der Waals surface area contributed by atoms with Crippen LogP contribution in [0.5, 0.6) is 0 Å². The van der Waals surface area contributed by atoms with E-state index < -0.39 is 56.4 Å². The predicted molar refractivity (Wildman–Crippen MR) is 150 cm³/mol. The largest absolute Gasteiger partial charge is 0.378 e. The molecule has 0 aromatic heterocycles. The Morgan fingerprint density at radius 2 is 1.93 bits per heavy atom. The molecule has 0 radical (unpaired) electrons. The number of hydrogen-bond donors (Lipinski definition) is 2. The van der Waals surface area contributed by atoms with Crippen molar-refractivity contribution < 1.29 is 35.5 Å². The van der Waals surface area contributed by atoms with E-state index in [2.05, 4.69) is 5.32 Å². The molecule has 8 nitrogen and oxygen atoms in total. The van der Waals surface area contributed by atoms with Crippen LogP contribution >= 0.6 is 11.8 Å². The highest BCUT2D eigenvalue weighted by Gasteiger charge is 2.39. The van der Waals surface area contributed by atoms with Gasteiger partial charge in [-0.3, -0.25) is 4.79 Å². The fraction of sp³-hybridized carbons (Fsp3) is 0.500. The van der Waals surface area contributed by atoms with Crippen molar-refractivity contribution in [3.63, 3.8) is 0 Å². The van der Waals surface area contributed by atoms with Gasteiger partial charge in [0.1, 0.15) is 23.3 Å². The molecular weight excluding hydrogens is 596 g/mol. The summed E-state index contributed by atoms with van der Waals surface area (Å²) in [5, 5.41) is 12.8. The molecule has 2 aliphatic heterocycles. The quantitative estimate of drug-likeness (QED) is 0.256. The molecule has 2 aromatic rings. The van der Waals surface area contributed by atoms with Gasteiger partial charge < -0.3 is 15.0 Å². The summed E-state index contributed by atoms with van der Waals surface area (Å²) in [5.74, 6) is -2.61. The highest BCUT2D eigenvalue weighted by molar-refractivity contribution is 7.99. The van der Waals surface area contributed by atoms with Crippen LogP contribution in [0.25, 0.3) is 0 Å². The number of anilines is 1. The second kappa shape index (κ2) is 13.6. The number of amides is 1. The molecule has 2 fully saturated rings. The smallest absolute Gasteiger partial charge is 0.265 e. The van der Waals surface area contributed by atoms with E-state index in [9.17, 15) is 31.6 Å². The number of nitriles is 1. The Hall–Kier alpha value is -2.86. The van der Waals surface area contributed by atoms with Gasteiger partial charge in [0.05, 0.1) is 16.1 Å². The average molecular weight is 629 g/mol. The number of rotatable bonds is 12. The zero-order valence-corrected chi connectivity index (χ0v) is 24.5. The number of thioether (sulfide) groups is 1. The average Bonchev–Trinajstić information content (AvgIpc) is 2.92. The van der Waals surface area contributed by atoms with E-state index in [1.165, 1.54) is 30.8 Å². The van der Waals surface area contributed by atoms with Gasteiger partial charge in [-0.1, -0.05) is 0 Å². The normalized spacial score (nSPS) is 20.5. The number of ether oxygens (including phenoxy) is 1. The van der Waals surface area contributed by atoms with E-state index in [1.54, 1.807) is 12.1 Å². The molecule has 2 saturated heterocycles. The summed E-state index contributed by atoms with van der Waals surface area (Å²) in [5.41, 5.74) is -1.85. The molecule has 0 bridgehead atoms. The van der Waals surface area contributed by atoms with Crippen molar-refractivity contribution in [1.29, 1.82) is 5.26 Å². The van der Waals surface area contributed by atoms with E-state index in [-0.39, 0.29) is 24.3 Å². The van der Waals surface area contributed by atoms with Crippen LogP contribution in [-0.4, -0.2) is 69.3 Å². The van der Waals surface area contributed by atoms with Crippen molar-refractivity contribution in [2.24, 2.45) is 5.92 Å². The number of likely N-dealkylation sites (tertiary alicyclic amines) is 1. The molecule has 0 spiro atoms. The van der Waals surface area contributed by atoms with Gasteiger partial charge in [0, 0.05) is 48.8 Å². The molecule has 2 aliphatic rings.